The van der Waals surface area contributed by atoms with Crippen LogP contribution in [0.1, 0.15) is 10.4 Å². The Labute approximate surface area is 138 Å². The van der Waals surface area contributed by atoms with Gasteiger partial charge in [0.25, 0.3) is 5.91 Å². The minimum absolute atomic E-state index is 0.277. The lowest BCUT2D eigenvalue weighted by Crippen LogP contribution is -2.12. The Morgan fingerprint density at radius 3 is 2.65 bits per heavy atom. The minimum Gasteiger partial charge on any atom is -0.495 e. The summed E-state index contributed by atoms with van der Waals surface area (Å²) in [5.74, 6) is 0.365. The fraction of sp³-hybridized carbons (Fsp3) is 0.0714. The van der Waals surface area contributed by atoms with Crippen LogP contribution < -0.4 is 10.1 Å². The first-order valence-corrected chi connectivity index (χ1v) is 7.57. The Morgan fingerprint density at radius 2 is 1.95 bits per heavy atom. The van der Waals surface area contributed by atoms with Gasteiger partial charge in [0.05, 0.1) is 22.2 Å². The lowest BCUT2D eigenvalue weighted by molar-refractivity contribution is 0.102. The molecule has 0 atom stereocenters. The molecule has 0 aromatic heterocycles. The fourth-order valence-electron chi connectivity index (χ4n) is 1.61. The van der Waals surface area contributed by atoms with Crippen molar-refractivity contribution in [2.24, 2.45) is 0 Å². The third-order valence-electron chi connectivity index (χ3n) is 2.58. The number of rotatable bonds is 3. The molecule has 0 aliphatic carbocycles. The average molecular weight is 420 g/mol. The van der Waals surface area contributed by atoms with Crippen LogP contribution in [0.3, 0.4) is 0 Å². The summed E-state index contributed by atoms with van der Waals surface area (Å²) >= 11 is 12.7. The summed E-state index contributed by atoms with van der Waals surface area (Å²) in [5.41, 5.74) is 1.04. The smallest absolute Gasteiger partial charge is 0.257 e. The first-order chi connectivity index (χ1) is 9.51. The molecule has 0 radical (unpaired) electrons. The monoisotopic (exact) mass is 417 g/mol. The second-order valence-electron chi connectivity index (χ2n) is 3.93. The van der Waals surface area contributed by atoms with E-state index in [1.807, 2.05) is 0 Å². The summed E-state index contributed by atoms with van der Waals surface area (Å²) in [4.78, 5) is 12.2. The molecule has 0 spiro atoms. The zero-order valence-electron chi connectivity index (χ0n) is 10.4. The van der Waals surface area contributed by atoms with E-state index in [2.05, 4.69) is 37.2 Å². The molecule has 0 unspecified atom stereocenters. The molecule has 2 aromatic carbocycles. The van der Waals surface area contributed by atoms with Gasteiger partial charge >= 0.3 is 0 Å². The van der Waals surface area contributed by atoms with Crippen LogP contribution in [-0.4, -0.2) is 13.0 Å². The molecule has 2 rings (SSSR count). The van der Waals surface area contributed by atoms with Gasteiger partial charge in [-0.15, -0.1) is 0 Å². The zero-order valence-corrected chi connectivity index (χ0v) is 14.3. The number of halogens is 3. The van der Waals surface area contributed by atoms with Gasteiger partial charge in [-0.2, -0.15) is 0 Å². The molecular weight excluding hydrogens is 409 g/mol. The predicted molar refractivity (Wildman–Crippen MR) is 87.8 cm³/mol. The second kappa shape index (κ2) is 6.61. The lowest BCUT2D eigenvalue weighted by atomic mass is 10.2. The topological polar surface area (TPSA) is 38.3 Å². The molecule has 1 amide bonds. The number of methoxy groups -OCH3 is 1. The number of carbonyl (C=O) groups is 1. The molecule has 0 saturated carbocycles. The second-order valence-corrected chi connectivity index (χ2v) is 6.10. The van der Waals surface area contributed by atoms with Crippen molar-refractivity contribution in [3.8, 4) is 5.75 Å². The Balaban J connectivity index is 2.25. The van der Waals surface area contributed by atoms with Crippen LogP contribution in [-0.2, 0) is 0 Å². The third-order valence-corrected chi connectivity index (χ3v) is 4.06. The molecule has 20 heavy (non-hydrogen) atoms. The summed E-state index contributed by atoms with van der Waals surface area (Å²) in [6.07, 6.45) is 0. The first kappa shape index (κ1) is 15.4. The van der Waals surface area contributed by atoms with Crippen molar-refractivity contribution < 1.29 is 9.53 Å². The number of benzene rings is 2. The summed E-state index contributed by atoms with van der Waals surface area (Å²) in [5, 5.41) is 3.18. The highest BCUT2D eigenvalue weighted by Crippen LogP contribution is 2.28. The summed E-state index contributed by atoms with van der Waals surface area (Å²) in [6.45, 7) is 0. The average Bonchev–Trinajstić information content (AvgIpc) is 2.43. The lowest BCUT2D eigenvalue weighted by Gasteiger charge is -2.09. The molecule has 1 N–H and O–H groups in total. The van der Waals surface area contributed by atoms with Gasteiger partial charge in [0.2, 0.25) is 0 Å². The van der Waals surface area contributed by atoms with Gasteiger partial charge in [0, 0.05) is 16.2 Å². The molecular formula is C14H10Br2ClNO2. The third kappa shape index (κ3) is 3.53. The maximum Gasteiger partial charge on any atom is 0.257 e. The number of hydrogen-bond acceptors (Lipinski definition) is 2. The van der Waals surface area contributed by atoms with Crippen LogP contribution in [0.15, 0.2) is 45.3 Å². The highest BCUT2D eigenvalue weighted by Gasteiger charge is 2.12. The molecule has 3 nitrogen and oxygen atoms in total. The summed E-state index contributed by atoms with van der Waals surface area (Å²) < 4.78 is 6.79. The Morgan fingerprint density at radius 1 is 1.20 bits per heavy atom. The van der Waals surface area contributed by atoms with Crippen LogP contribution in [0.5, 0.6) is 5.75 Å². The maximum atomic E-state index is 12.2. The minimum atomic E-state index is -0.277. The van der Waals surface area contributed by atoms with Crippen molar-refractivity contribution >= 4 is 55.1 Å². The van der Waals surface area contributed by atoms with E-state index in [-0.39, 0.29) is 5.91 Å². The Bertz CT molecular complexity index is 662. The van der Waals surface area contributed by atoms with Gasteiger partial charge in [-0.3, -0.25) is 4.79 Å². The van der Waals surface area contributed by atoms with E-state index >= 15 is 0 Å². The largest absolute Gasteiger partial charge is 0.495 e. The molecule has 104 valence electrons. The molecule has 0 bridgehead atoms. The molecule has 0 heterocycles. The van der Waals surface area contributed by atoms with Crippen molar-refractivity contribution in [3.05, 3.63) is 55.9 Å². The normalized spacial score (nSPS) is 10.2. The molecule has 0 saturated heterocycles. The van der Waals surface area contributed by atoms with Crippen molar-refractivity contribution in [3.63, 3.8) is 0 Å². The van der Waals surface area contributed by atoms with E-state index in [9.17, 15) is 4.79 Å². The molecule has 6 heteroatoms. The van der Waals surface area contributed by atoms with Crippen molar-refractivity contribution in [1.29, 1.82) is 0 Å². The summed E-state index contributed by atoms with van der Waals surface area (Å²) in [7, 11) is 1.57. The number of carbonyl (C=O) groups excluding carboxylic acids is 1. The highest BCUT2D eigenvalue weighted by atomic mass is 79.9. The van der Waals surface area contributed by atoms with Crippen LogP contribution in [0, 0.1) is 0 Å². The summed E-state index contributed by atoms with van der Waals surface area (Å²) in [6, 6.07) is 10.4. The zero-order chi connectivity index (χ0) is 14.7. The van der Waals surface area contributed by atoms with Crippen molar-refractivity contribution in [1.82, 2.24) is 0 Å². The molecule has 2 aromatic rings. The van der Waals surface area contributed by atoms with E-state index in [0.29, 0.717) is 22.0 Å². The van der Waals surface area contributed by atoms with E-state index in [1.54, 1.807) is 43.5 Å². The Hall–Kier alpha value is -1.04. The van der Waals surface area contributed by atoms with E-state index in [1.165, 1.54) is 0 Å². The van der Waals surface area contributed by atoms with E-state index in [0.717, 1.165) is 8.95 Å². The molecule has 0 aliphatic heterocycles. The number of anilines is 1. The van der Waals surface area contributed by atoms with E-state index in [4.69, 9.17) is 16.3 Å². The maximum absolute atomic E-state index is 12.2. The predicted octanol–water partition coefficient (Wildman–Crippen LogP) is 5.13. The fourth-order valence-corrected chi connectivity index (χ4v) is 2.58. The van der Waals surface area contributed by atoms with Gasteiger partial charge in [-0.1, -0.05) is 27.5 Å². The highest BCUT2D eigenvalue weighted by molar-refractivity contribution is 9.10. The van der Waals surface area contributed by atoms with Crippen LogP contribution >= 0.6 is 43.5 Å². The van der Waals surface area contributed by atoms with Crippen molar-refractivity contribution in [2.75, 3.05) is 12.4 Å². The van der Waals surface area contributed by atoms with Crippen LogP contribution in [0.2, 0.25) is 5.02 Å². The molecule has 0 aliphatic rings. The molecule has 0 fully saturated rings. The van der Waals surface area contributed by atoms with Crippen LogP contribution in [0.25, 0.3) is 0 Å². The van der Waals surface area contributed by atoms with Gasteiger partial charge in [-0.25, -0.2) is 0 Å². The van der Waals surface area contributed by atoms with E-state index < -0.39 is 0 Å². The number of hydrogen-bond donors (Lipinski definition) is 1. The van der Waals surface area contributed by atoms with Gasteiger partial charge < -0.3 is 10.1 Å². The SMILES string of the molecule is COc1cc(NC(=O)c2cc(Br)ccc2Cl)ccc1Br. The number of amides is 1. The van der Waals surface area contributed by atoms with Gasteiger partial charge in [-0.05, 0) is 46.3 Å². The standard InChI is InChI=1S/C14H10Br2ClNO2/c1-20-13-7-9(3-4-11(13)16)18-14(19)10-6-8(15)2-5-12(10)17/h2-7H,1H3,(H,18,19). The Kier molecular flexibility index (Phi) is 5.07. The van der Waals surface area contributed by atoms with Crippen LogP contribution in [0.4, 0.5) is 5.69 Å². The van der Waals surface area contributed by atoms with Gasteiger partial charge in [0.15, 0.2) is 0 Å². The quantitative estimate of drug-likeness (QED) is 0.749. The van der Waals surface area contributed by atoms with Gasteiger partial charge in [0.1, 0.15) is 5.75 Å². The van der Waals surface area contributed by atoms with Crippen molar-refractivity contribution in [2.45, 2.75) is 0 Å². The number of ether oxygens (including phenoxy) is 1. The number of nitrogens with one attached hydrogen (secondary N) is 1. The first-order valence-electron chi connectivity index (χ1n) is 5.61.